The smallest absolute Gasteiger partial charge is 0.0289 e. The molecule has 15 heavy (non-hydrogen) atoms. The van der Waals surface area contributed by atoms with Crippen LogP contribution >= 0.6 is 0 Å². The van der Waals surface area contributed by atoms with Gasteiger partial charge in [0, 0.05) is 22.8 Å². The molecule has 2 rings (SSSR count). The second kappa shape index (κ2) is 8.04. The van der Waals surface area contributed by atoms with Gasteiger partial charge in [0.05, 0.1) is 0 Å². The molecule has 0 saturated carbocycles. The van der Waals surface area contributed by atoms with Crippen molar-refractivity contribution in [2.45, 2.75) is 6.92 Å². The van der Waals surface area contributed by atoms with Crippen molar-refractivity contribution in [2.75, 3.05) is 0 Å². The maximum absolute atomic E-state index is 8.29. The number of oxime groups is 1. The third-order valence-corrected chi connectivity index (χ3v) is 1.79. The van der Waals surface area contributed by atoms with E-state index in [1.54, 1.807) is 6.92 Å². The summed E-state index contributed by atoms with van der Waals surface area (Å²) in [4.78, 5) is 0. The topological polar surface area (TPSA) is 32.6 Å². The van der Waals surface area contributed by atoms with E-state index >= 15 is 0 Å². The predicted octanol–water partition coefficient (Wildman–Crippen LogP) is 3.01. The van der Waals surface area contributed by atoms with Crippen LogP contribution in [0.2, 0.25) is 0 Å². The minimum Gasteiger partial charge on any atom is -0.748 e. The van der Waals surface area contributed by atoms with Gasteiger partial charge < -0.3 is 35.5 Å². The van der Waals surface area contributed by atoms with Crippen molar-refractivity contribution in [1.29, 1.82) is 0 Å². The van der Waals surface area contributed by atoms with Crippen molar-refractivity contribution in [2.24, 2.45) is 5.16 Å². The largest absolute Gasteiger partial charge is 0.748 e. The van der Waals surface area contributed by atoms with Crippen molar-refractivity contribution < 1.29 is 22.3 Å². The van der Waals surface area contributed by atoms with Gasteiger partial charge in [-0.1, -0.05) is 0 Å². The molecule has 2 aromatic rings. The summed E-state index contributed by atoms with van der Waals surface area (Å²) >= 11 is 0. The summed E-state index contributed by atoms with van der Waals surface area (Å²) in [7, 11) is 0. The summed E-state index contributed by atoms with van der Waals surface area (Å²) in [6.07, 6.45) is 0. The van der Waals surface area contributed by atoms with Crippen molar-refractivity contribution in [3.8, 4) is 0 Å². The second-order valence-electron chi connectivity index (χ2n) is 2.82. The third-order valence-electron chi connectivity index (χ3n) is 1.79. The van der Waals surface area contributed by atoms with E-state index in [1.165, 1.54) is 0 Å². The third kappa shape index (κ3) is 5.21. The summed E-state index contributed by atoms with van der Waals surface area (Å²) < 4.78 is 0. The predicted molar refractivity (Wildman–Crippen MR) is 58.1 cm³/mol. The summed E-state index contributed by atoms with van der Waals surface area (Å²) in [5.41, 5.74) is 1.62. The van der Waals surface area contributed by atoms with Crippen LogP contribution in [-0.2, 0) is 17.1 Å². The van der Waals surface area contributed by atoms with Crippen LogP contribution in [0.4, 0.5) is 0 Å². The SMILES string of the molecule is C/C(=N\O)[c-]1cccc1.[Fe].[cH-]1[cH-][cH-][cH-][cH-]1. The van der Waals surface area contributed by atoms with Crippen molar-refractivity contribution in [1.82, 2.24) is 0 Å². The molecule has 2 nitrogen and oxygen atoms in total. The molecule has 0 heterocycles. The molecule has 0 aromatic heterocycles. The fourth-order valence-electron chi connectivity index (χ4n) is 0.994. The molecule has 3 heteroatoms. The number of rotatable bonds is 1. The fourth-order valence-corrected chi connectivity index (χ4v) is 0.994. The van der Waals surface area contributed by atoms with Gasteiger partial charge in [0.1, 0.15) is 0 Å². The molecular weight excluding hydrogens is 230 g/mol. The van der Waals surface area contributed by atoms with Gasteiger partial charge in [0.25, 0.3) is 0 Å². The van der Waals surface area contributed by atoms with E-state index in [4.69, 9.17) is 5.21 Å². The van der Waals surface area contributed by atoms with Crippen LogP contribution in [0, 0.1) is 0 Å². The Morgan fingerprint density at radius 1 is 1.07 bits per heavy atom. The molecule has 0 aliphatic rings. The van der Waals surface area contributed by atoms with E-state index in [0.29, 0.717) is 5.71 Å². The monoisotopic (exact) mass is 243 g/mol. The van der Waals surface area contributed by atoms with E-state index in [1.807, 2.05) is 54.6 Å². The molecule has 0 unspecified atom stereocenters. The van der Waals surface area contributed by atoms with Gasteiger partial charge in [-0.2, -0.15) is 12.1 Å². The Hall–Kier alpha value is -1.31. The van der Waals surface area contributed by atoms with Crippen LogP contribution in [0.3, 0.4) is 0 Å². The fraction of sp³-hybridized carbons (Fsp3) is 0.0833. The van der Waals surface area contributed by atoms with Crippen LogP contribution in [0.5, 0.6) is 0 Å². The van der Waals surface area contributed by atoms with Crippen LogP contribution in [0.15, 0.2) is 59.8 Å². The molecular formula is C12H13FeNO-6. The maximum Gasteiger partial charge on any atom is 0.0289 e. The van der Waals surface area contributed by atoms with Gasteiger partial charge >= 0.3 is 0 Å². The Labute approximate surface area is 100 Å². The van der Waals surface area contributed by atoms with Gasteiger partial charge in [-0.3, -0.25) is 0 Å². The van der Waals surface area contributed by atoms with Gasteiger partial charge in [0.15, 0.2) is 0 Å². The van der Waals surface area contributed by atoms with Crippen molar-refractivity contribution in [3.63, 3.8) is 0 Å². The van der Waals surface area contributed by atoms with Crippen molar-refractivity contribution >= 4 is 5.71 Å². The van der Waals surface area contributed by atoms with Crippen molar-refractivity contribution in [3.05, 3.63) is 60.2 Å². The Morgan fingerprint density at radius 2 is 1.47 bits per heavy atom. The van der Waals surface area contributed by atoms with E-state index in [0.717, 1.165) is 5.56 Å². The molecule has 0 aliphatic carbocycles. The standard InChI is InChI=1S/C7H8NO.C5H5.Fe/c1-6(8-9)7-4-2-3-5-7;1-2-4-5-3-1;/h2-5,9H,1H3;1-5H;/q-1;-5;/b8-6+;;. The summed E-state index contributed by atoms with van der Waals surface area (Å²) in [6.45, 7) is 1.76. The normalized spacial score (nSPS) is 9.80. The van der Waals surface area contributed by atoms with E-state index < -0.39 is 0 Å². The first-order valence-corrected chi connectivity index (χ1v) is 4.42. The molecule has 0 atom stereocenters. The quantitative estimate of drug-likeness (QED) is 0.270. The number of hydrogen-bond donors (Lipinski definition) is 1. The average molecular weight is 243 g/mol. The number of nitrogens with zero attached hydrogens (tertiary/aromatic N) is 1. The molecule has 0 radical (unpaired) electrons. The molecule has 0 bridgehead atoms. The van der Waals surface area contributed by atoms with E-state index in [9.17, 15) is 0 Å². The van der Waals surface area contributed by atoms with Gasteiger partial charge in [-0.25, -0.2) is 12.1 Å². The molecule has 0 aliphatic heterocycles. The first-order valence-electron chi connectivity index (χ1n) is 4.42. The molecule has 0 spiro atoms. The molecule has 86 valence electrons. The Kier molecular flexibility index (Phi) is 7.33. The van der Waals surface area contributed by atoms with Crippen LogP contribution in [-0.4, -0.2) is 10.9 Å². The Balaban J connectivity index is 0.000000280. The van der Waals surface area contributed by atoms with E-state index in [2.05, 4.69) is 5.16 Å². The van der Waals surface area contributed by atoms with E-state index in [-0.39, 0.29) is 17.1 Å². The van der Waals surface area contributed by atoms with Gasteiger partial charge in [-0.15, -0.1) is 10.7 Å². The summed E-state index contributed by atoms with van der Waals surface area (Å²) in [5, 5.41) is 11.3. The molecule has 0 amide bonds. The van der Waals surface area contributed by atoms with Crippen LogP contribution in [0.1, 0.15) is 12.5 Å². The zero-order valence-electron chi connectivity index (χ0n) is 8.44. The second-order valence-corrected chi connectivity index (χ2v) is 2.82. The zero-order valence-corrected chi connectivity index (χ0v) is 9.55. The van der Waals surface area contributed by atoms with Gasteiger partial charge in [-0.05, 0) is 6.92 Å². The van der Waals surface area contributed by atoms with Gasteiger partial charge in [0.2, 0.25) is 0 Å². The summed E-state index contributed by atoms with van der Waals surface area (Å²) in [6, 6.07) is 17.6. The molecule has 1 N–H and O–H groups in total. The minimum absolute atomic E-state index is 0. The average Bonchev–Trinajstić information content (AvgIpc) is 2.91. The molecule has 2 aromatic carbocycles. The summed E-state index contributed by atoms with van der Waals surface area (Å²) in [5.74, 6) is 0. The maximum atomic E-state index is 8.29. The molecule has 0 saturated heterocycles. The Morgan fingerprint density at radius 3 is 1.80 bits per heavy atom. The zero-order chi connectivity index (χ0) is 10.2. The number of hydrogen-bond acceptors (Lipinski definition) is 2. The Bertz CT molecular complexity index is 332. The molecule has 0 fully saturated rings. The first-order chi connectivity index (χ1) is 6.84. The minimum atomic E-state index is 0. The van der Waals surface area contributed by atoms with Crippen LogP contribution < -0.4 is 0 Å². The van der Waals surface area contributed by atoms with Crippen LogP contribution in [0.25, 0.3) is 0 Å². The first kappa shape index (κ1) is 13.7.